The lowest BCUT2D eigenvalue weighted by Gasteiger charge is -1.97. The van der Waals surface area contributed by atoms with Crippen LogP contribution in [0.5, 0.6) is 0 Å². The van der Waals surface area contributed by atoms with Gasteiger partial charge in [-0.2, -0.15) is 5.10 Å². The molecule has 0 amide bonds. The van der Waals surface area contributed by atoms with Crippen molar-refractivity contribution in [2.75, 3.05) is 5.33 Å². The highest BCUT2D eigenvalue weighted by atomic mass is 79.9. The Morgan fingerprint density at radius 2 is 2.23 bits per heavy atom. The Morgan fingerprint density at radius 3 is 3.00 bits per heavy atom. The van der Waals surface area contributed by atoms with Crippen LogP contribution in [0.25, 0.3) is 10.9 Å². The molecule has 0 aliphatic carbocycles. The summed E-state index contributed by atoms with van der Waals surface area (Å²) < 4.78 is 0. The summed E-state index contributed by atoms with van der Waals surface area (Å²) in [5.74, 6) is 0. The summed E-state index contributed by atoms with van der Waals surface area (Å²) in [7, 11) is 0. The van der Waals surface area contributed by atoms with E-state index < -0.39 is 0 Å². The zero-order valence-corrected chi connectivity index (χ0v) is 10.3. The van der Waals surface area contributed by atoms with E-state index in [2.05, 4.69) is 38.3 Å². The maximum Gasteiger partial charge on any atom is 0.0653 e. The van der Waals surface area contributed by atoms with Crippen LogP contribution < -0.4 is 0 Å². The molecule has 0 unspecified atom stereocenters. The Balaban J connectivity index is 0.000000845. The van der Waals surface area contributed by atoms with Crippen molar-refractivity contribution in [2.24, 2.45) is 0 Å². The number of halogens is 2. The van der Waals surface area contributed by atoms with Crippen LogP contribution in [0.1, 0.15) is 5.56 Å². The number of hydrogen-bond acceptors (Lipinski definition) is 1. The number of nitrogens with zero attached hydrogens (tertiary/aromatic N) is 1. The van der Waals surface area contributed by atoms with E-state index in [0.29, 0.717) is 0 Å². The van der Waals surface area contributed by atoms with E-state index in [-0.39, 0.29) is 17.0 Å². The van der Waals surface area contributed by atoms with Crippen LogP contribution in [0.2, 0.25) is 0 Å². The average Bonchev–Trinajstić information content (AvgIpc) is 2.53. The fraction of sp³-hybridized carbons (Fsp3) is 0.222. The summed E-state index contributed by atoms with van der Waals surface area (Å²) in [6.07, 6.45) is 2.93. The summed E-state index contributed by atoms with van der Waals surface area (Å²) in [6.45, 7) is 0. The number of alkyl halides is 1. The second kappa shape index (κ2) is 4.77. The minimum Gasteiger partial charge on any atom is -0.278 e. The minimum atomic E-state index is 0. The van der Waals surface area contributed by atoms with Gasteiger partial charge < -0.3 is 0 Å². The molecule has 0 fully saturated rings. The van der Waals surface area contributed by atoms with Gasteiger partial charge in [0.2, 0.25) is 0 Å². The highest BCUT2D eigenvalue weighted by molar-refractivity contribution is 9.09. The first-order chi connectivity index (χ1) is 5.92. The molecule has 2 aromatic rings. The number of fused-ring (bicyclic) bond motifs is 1. The highest BCUT2D eigenvalue weighted by Crippen LogP contribution is 2.16. The Kier molecular flexibility index (Phi) is 3.93. The predicted octanol–water partition coefficient (Wildman–Crippen LogP) is 3.08. The molecule has 1 aromatic heterocycles. The summed E-state index contributed by atoms with van der Waals surface area (Å²) in [5, 5.41) is 9.19. The van der Waals surface area contributed by atoms with Crippen molar-refractivity contribution in [2.45, 2.75) is 6.42 Å². The molecule has 0 bridgehead atoms. The van der Waals surface area contributed by atoms with Crippen LogP contribution in [0, 0.1) is 0 Å². The first-order valence-electron chi connectivity index (χ1n) is 3.89. The predicted molar refractivity (Wildman–Crippen MR) is 63.9 cm³/mol. The van der Waals surface area contributed by atoms with Gasteiger partial charge >= 0.3 is 0 Å². The summed E-state index contributed by atoms with van der Waals surface area (Å²) in [5.41, 5.74) is 2.46. The van der Waals surface area contributed by atoms with E-state index in [9.17, 15) is 0 Å². The zero-order chi connectivity index (χ0) is 8.39. The molecule has 13 heavy (non-hydrogen) atoms. The smallest absolute Gasteiger partial charge is 0.0653 e. The molecule has 1 N–H and O–H groups in total. The lowest BCUT2D eigenvalue weighted by atomic mass is 10.1. The molecule has 1 heterocycles. The summed E-state index contributed by atoms with van der Waals surface area (Å²) in [4.78, 5) is 0. The first-order valence-corrected chi connectivity index (χ1v) is 5.01. The Labute approximate surface area is 95.6 Å². The molecule has 70 valence electrons. The first kappa shape index (κ1) is 10.7. The molecule has 0 spiro atoms. The third-order valence-electron chi connectivity index (χ3n) is 1.94. The van der Waals surface area contributed by atoms with Crippen LogP contribution in [0.3, 0.4) is 0 Å². The van der Waals surface area contributed by atoms with E-state index in [4.69, 9.17) is 0 Å². The third kappa shape index (κ3) is 2.11. The molecular formula is C9H10Br2N2. The number of H-pyrrole nitrogens is 1. The van der Waals surface area contributed by atoms with Crippen LogP contribution in [0.15, 0.2) is 24.4 Å². The molecule has 1 aromatic carbocycles. The second-order valence-corrected chi connectivity index (χ2v) is 3.48. The Bertz CT molecular complexity index is 384. The van der Waals surface area contributed by atoms with Crippen molar-refractivity contribution in [3.8, 4) is 0 Å². The number of aromatic nitrogens is 2. The molecule has 0 saturated carbocycles. The number of aromatic amines is 1. The van der Waals surface area contributed by atoms with Crippen LogP contribution in [-0.2, 0) is 6.42 Å². The second-order valence-electron chi connectivity index (χ2n) is 2.69. The van der Waals surface area contributed by atoms with E-state index in [1.807, 2.05) is 12.3 Å². The molecular weight excluding hydrogens is 296 g/mol. The number of nitrogens with one attached hydrogen (secondary N) is 1. The fourth-order valence-electron chi connectivity index (χ4n) is 1.35. The number of aryl methyl sites for hydroxylation is 1. The van der Waals surface area contributed by atoms with Crippen molar-refractivity contribution < 1.29 is 0 Å². The SMILES string of the molecule is Br.BrCCc1cccc2[nH]ncc12. The largest absolute Gasteiger partial charge is 0.278 e. The van der Waals surface area contributed by atoms with Crippen molar-refractivity contribution in [3.05, 3.63) is 30.0 Å². The molecule has 2 rings (SSSR count). The number of benzene rings is 1. The lowest BCUT2D eigenvalue weighted by molar-refractivity contribution is 1.12. The topological polar surface area (TPSA) is 28.7 Å². The minimum absolute atomic E-state index is 0. The Morgan fingerprint density at radius 1 is 1.38 bits per heavy atom. The maximum atomic E-state index is 4.00. The van der Waals surface area contributed by atoms with Gasteiger partial charge in [0.25, 0.3) is 0 Å². The maximum absolute atomic E-state index is 4.00. The molecule has 0 aliphatic heterocycles. The van der Waals surface area contributed by atoms with Gasteiger partial charge in [0.1, 0.15) is 0 Å². The summed E-state index contributed by atoms with van der Waals surface area (Å²) >= 11 is 3.43. The van der Waals surface area contributed by atoms with Crippen LogP contribution in [-0.4, -0.2) is 15.5 Å². The molecule has 0 radical (unpaired) electrons. The van der Waals surface area contributed by atoms with Crippen molar-refractivity contribution in [1.29, 1.82) is 0 Å². The number of rotatable bonds is 2. The van der Waals surface area contributed by atoms with E-state index in [1.165, 1.54) is 10.9 Å². The third-order valence-corrected chi connectivity index (χ3v) is 2.34. The van der Waals surface area contributed by atoms with E-state index in [1.54, 1.807) is 0 Å². The molecule has 0 aliphatic rings. The standard InChI is InChI=1S/C9H9BrN2.BrH/c10-5-4-7-2-1-3-9-8(7)6-11-12-9;/h1-3,6H,4-5H2,(H,11,12);1H. The van der Waals surface area contributed by atoms with Gasteiger partial charge in [0.15, 0.2) is 0 Å². The van der Waals surface area contributed by atoms with E-state index in [0.717, 1.165) is 17.3 Å². The van der Waals surface area contributed by atoms with Gasteiger partial charge in [-0.1, -0.05) is 28.1 Å². The van der Waals surface area contributed by atoms with Gasteiger partial charge in [-0.15, -0.1) is 17.0 Å². The van der Waals surface area contributed by atoms with Crippen molar-refractivity contribution in [3.63, 3.8) is 0 Å². The van der Waals surface area contributed by atoms with Gasteiger partial charge in [-0.25, -0.2) is 0 Å². The van der Waals surface area contributed by atoms with Crippen LogP contribution >= 0.6 is 32.9 Å². The van der Waals surface area contributed by atoms with E-state index >= 15 is 0 Å². The van der Waals surface area contributed by atoms with Crippen molar-refractivity contribution in [1.82, 2.24) is 10.2 Å². The molecule has 0 saturated heterocycles. The van der Waals surface area contributed by atoms with Gasteiger partial charge in [-0.3, -0.25) is 5.10 Å². The normalized spacial score (nSPS) is 9.92. The Hall–Kier alpha value is -0.350. The summed E-state index contributed by atoms with van der Waals surface area (Å²) in [6, 6.07) is 6.23. The van der Waals surface area contributed by atoms with Crippen LogP contribution in [0.4, 0.5) is 0 Å². The zero-order valence-electron chi connectivity index (χ0n) is 6.96. The lowest BCUT2D eigenvalue weighted by Crippen LogP contribution is -1.85. The molecule has 4 heteroatoms. The van der Waals surface area contributed by atoms with Gasteiger partial charge in [-0.05, 0) is 18.1 Å². The fourth-order valence-corrected chi connectivity index (χ4v) is 1.78. The molecule has 0 atom stereocenters. The average molecular weight is 306 g/mol. The number of hydrogen-bond donors (Lipinski definition) is 1. The molecule has 2 nitrogen and oxygen atoms in total. The quantitative estimate of drug-likeness (QED) is 0.849. The van der Waals surface area contributed by atoms with Gasteiger partial charge in [0, 0.05) is 10.7 Å². The van der Waals surface area contributed by atoms with Gasteiger partial charge in [0.05, 0.1) is 11.7 Å². The van der Waals surface area contributed by atoms with Crippen molar-refractivity contribution >= 4 is 43.8 Å². The highest BCUT2D eigenvalue weighted by Gasteiger charge is 2.00. The monoisotopic (exact) mass is 304 g/mol.